The number of carbonyl (C=O) groups is 1. The zero-order valence-electron chi connectivity index (χ0n) is 11.2. The first-order chi connectivity index (χ1) is 8.12. The zero-order chi connectivity index (χ0) is 14.4. The van der Waals surface area contributed by atoms with Crippen LogP contribution in [0.2, 0.25) is 0 Å². The Bertz CT molecular complexity index is 390. The summed E-state index contributed by atoms with van der Waals surface area (Å²) in [5.41, 5.74) is 2.66. The summed E-state index contributed by atoms with van der Waals surface area (Å²) in [7, 11) is -0.537. The molecule has 0 aromatic carbocycles. The van der Waals surface area contributed by atoms with Gasteiger partial charge < -0.3 is 0 Å². The third-order valence-corrected chi connectivity index (χ3v) is 3.95. The van der Waals surface area contributed by atoms with Crippen LogP contribution in [0, 0.1) is 0 Å². The molecule has 0 radical (unpaired) electrons. The Balaban J connectivity index is 4.51. The van der Waals surface area contributed by atoms with Crippen LogP contribution in [0.5, 0.6) is 0 Å². The molecule has 106 valence electrons. The molecule has 0 aliphatic carbocycles. The maximum absolute atomic E-state index is 11.2. The number of nitrogens with zero attached hydrogens (tertiary/aromatic N) is 1. The van der Waals surface area contributed by atoms with Crippen molar-refractivity contribution in [3.63, 3.8) is 0 Å². The van der Waals surface area contributed by atoms with E-state index < -0.39 is 15.4 Å². The van der Waals surface area contributed by atoms with E-state index in [2.05, 4.69) is 12.0 Å². The second kappa shape index (κ2) is 6.86. The van der Waals surface area contributed by atoms with Crippen molar-refractivity contribution in [3.8, 4) is 0 Å². The van der Waals surface area contributed by atoms with E-state index >= 15 is 0 Å². The number of hydrogen-bond acceptors (Lipinski definition) is 3. The molecule has 0 saturated heterocycles. The summed E-state index contributed by atoms with van der Waals surface area (Å²) in [6, 6.07) is 0. The highest BCUT2D eigenvalue weighted by atomic mass is 32.2. The molecule has 0 saturated carbocycles. The average Bonchev–Trinajstić information content (AvgIpc) is 2.21. The Morgan fingerprint density at radius 1 is 1.44 bits per heavy atom. The minimum atomic E-state index is -4.03. The molecule has 0 bridgehead atoms. The maximum Gasteiger partial charge on any atom is 0.288 e. The first-order valence-corrected chi connectivity index (χ1v) is 7.36. The molecule has 6 nitrogen and oxygen atoms in total. The maximum atomic E-state index is 11.2. The molecule has 0 fully saturated rings. The van der Waals surface area contributed by atoms with Gasteiger partial charge in [0.1, 0.15) is 6.54 Å². The number of hydrogen-bond donors (Lipinski definition) is 2. The summed E-state index contributed by atoms with van der Waals surface area (Å²) in [5, 5.41) is -0.777. The van der Waals surface area contributed by atoms with Crippen LogP contribution in [0.25, 0.3) is 0 Å². The minimum absolute atomic E-state index is 0.139. The van der Waals surface area contributed by atoms with Crippen molar-refractivity contribution in [3.05, 3.63) is 12.7 Å². The van der Waals surface area contributed by atoms with Gasteiger partial charge in [0.15, 0.2) is 0 Å². The summed E-state index contributed by atoms with van der Waals surface area (Å²) in [6.45, 7) is 5.62. The van der Waals surface area contributed by atoms with E-state index in [-0.39, 0.29) is 16.9 Å². The van der Waals surface area contributed by atoms with Crippen LogP contribution < -0.4 is 5.43 Å². The fourth-order valence-corrected chi connectivity index (χ4v) is 2.57. The summed E-state index contributed by atoms with van der Waals surface area (Å²) in [6.07, 6.45) is 2.54. The highest BCUT2D eigenvalue weighted by molar-refractivity contribution is 7.86. The lowest BCUT2D eigenvalue weighted by molar-refractivity contribution is -0.925. The van der Waals surface area contributed by atoms with Crippen molar-refractivity contribution < 1.29 is 22.4 Å². The van der Waals surface area contributed by atoms with Crippen molar-refractivity contribution >= 4 is 16.0 Å². The van der Waals surface area contributed by atoms with E-state index in [9.17, 15) is 13.2 Å². The number of nitrogens with one attached hydrogen (secondary N) is 1. The molecule has 0 rings (SSSR count). The molecule has 0 aliphatic heterocycles. The van der Waals surface area contributed by atoms with Crippen molar-refractivity contribution in [2.24, 2.45) is 0 Å². The lowest BCUT2D eigenvalue weighted by atomic mass is 10.2. The average molecular weight is 279 g/mol. The van der Waals surface area contributed by atoms with Gasteiger partial charge in [-0.3, -0.25) is 9.35 Å². The van der Waals surface area contributed by atoms with Gasteiger partial charge in [0.25, 0.3) is 16.0 Å². The number of amides is 1. The quantitative estimate of drug-likeness (QED) is 0.297. The van der Waals surface area contributed by atoms with Crippen molar-refractivity contribution in [1.82, 2.24) is 5.43 Å². The molecule has 7 heteroatoms. The van der Waals surface area contributed by atoms with Crippen LogP contribution in [0.4, 0.5) is 0 Å². The summed E-state index contributed by atoms with van der Waals surface area (Å²) in [4.78, 5) is 11.2. The lowest BCUT2D eigenvalue weighted by Crippen LogP contribution is -2.55. The molecule has 1 amide bonds. The monoisotopic (exact) mass is 279 g/mol. The summed E-state index contributed by atoms with van der Waals surface area (Å²) >= 11 is 0. The van der Waals surface area contributed by atoms with Crippen molar-refractivity contribution in [1.29, 1.82) is 0 Å². The van der Waals surface area contributed by atoms with Gasteiger partial charge in [-0.2, -0.15) is 13.8 Å². The molecular formula is C11H23N2O4S+. The van der Waals surface area contributed by atoms with Crippen LogP contribution in [0.3, 0.4) is 0 Å². The molecular weight excluding hydrogens is 256 g/mol. The molecule has 1 atom stereocenters. The minimum Gasteiger partial charge on any atom is -0.285 e. The standard InChI is InChI=1S/C11H22N2O4S/c1-5-7-10(18(15,16)17)8-9-13(3,4)12-11(14)6-2/h6,10H,2,5,7-9H2,1,3-4H3,(H-,12,14,15,16,17)/p+1. The molecule has 0 heterocycles. The van der Waals surface area contributed by atoms with Gasteiger partial charge in [-0.15, -0.1) is 0 Å². The summed E-state index contributed by atoms with van der Waals surface area (Å²) in [5.74, 6) is -0.320. The Hall–Kier alpha value is -0.920. The van der Waals surface area contributed by atoms with E-state index in [0.717, 1.165) is 6.08 Å². The van der Waals surface area contributed by atoms with E-state index in [1.54, 1.807) is 14.1 Å². The Morgan fingerprint density at radius 3 is 2.39 bits per heavy atom. The molecule has 0 aliphatic rings. The normalized spacial score (nSPS) is 14.0. The van der Waals surface area contributed by atoms with Crippen LogP contribution >= 0.6 is 0 Å². The van der Waals surface area contributed by atoms with Gasteiger partial charge in [0.05, 0.1) is 19.3 Å². The fraction of sp³-hybridized carbons (Fsp3) is 0.727. The Labute approximate surface area is 109 Å². The number of carbonyl (C=O) groups excluding carboxylic acids is 1. The molecule has 2 N–H and O–H groups in total. The molecule has 18 heavy (non-hydrogen) atoms. The Kier molecular flexibility index (Phi) is 6.51. The first kappa shape index (κ1) is 17.1. The zero-order valence-corrected chi connectivity index (χ0v) is 12.0. The van der Waals surface area contributed by atoms with Crippen molar-refractivity contribution in [2.45, 2.75) is 31.4 Å². The topological polar surface area (TPSA) is 83.5 Å². The number of quaternary nitrogens is 1. The predicted molar refractivity (Wildman–Crippen MR) is 70.2 cm³/mol. The number of rotatable bonds is 8. The first-order valence-electron chi connectivity index (χ1n) is 5.86. The third kappa shape index (κ3) is 6.73. The highest BCUT2D eigenvalue weighted by Gasteiger charge is 2.26. The van der Waals surface area contributed by atoms with Crippen LogP contribution in [-0.4, -0.2) is 49.4 Å². The Morgan fingerprint density at radius 2 is 2.00 bits per heavy atom. The van der Waals surface area contributed by atoms with Gasteiger partial charge in [0, 0.05) is 12.5 Å². The van der Waals surface area contributed by atoms with Gasteiger partial charge in [-0.25, -0.2) is 4.59 Å². The van der Waals surface area contributed by atoms with Gasteiger partial charge in [-0.05, 0) is 6.42 Å². The van der Waals surface area contributed by atoms with Crippen molar-refractivity contribution in [2.75, 3.05) is 20.6 Å². The van der Waals surface area contributed by atoms with Crippen LogP contribution in [0.1, 0.15) is 26.2 Å². The third-order valence-electron chi connectivity index (χ3n) is 2.64. The summed E-state index contributed by atoms with van der Waals surface area (Å²) < 4.78 is 31.6. The van der Waals surface area contributed by atoms with Gasteiger partial charge in [0.2, 0.25) is 0 Å². The highest BCUT2D eigenvalue weighted by Crippen LogP contribution is 2.13. The largest absolute Gasteiger partial charge is 0.288 e. The second-order valence-electron chi connectivity index (χ2n) is 4.80. The van der Waals surface area contributed by atoms with Crippen LogP contribution in [0.15, 0.2) is 12.7 Å². The smallest absolute Gasteiger partial charge is 0.285 e. The van der Waals surface area contributed by atoms with E-state index in [1.165, 1.54) is 0 Å². The van der Waals surface area contributed by atoms with E-state index in [0.29, 0.717) is 19.4 Å². The molecule has 0 spiro atoms. The van der Waals surface area contributed by atoms with Gasteiger partial charge in [-0.1, -0.05) is 19.9 Å². The second-order valence-corrected chi connectivity index (χ2v) is 6.50. The molecule has 1 unspecified atom stereocenters. The van der Waals surface area contributed by atoms with E-state index in [4.69, 9.17) is 4.55 Å². The SMILES string of the molecule is C=CC(=O)N[N+](C)(C)CCC(CCC)S(=O)(=O)O. The van der Waals surface area contributed by atoms with Crippen LogP contribution in [-0.2, 0) is 14.9 Å². The van der Waals surface area contributed by atoms with E-state index in [1.807, 2.05) is 6.92 Å². The predicted octanol–water partition coefficient (Wildman–Crippen LogP) is 0.727. The lowest BCUT2D eigenvalue weighted by Gasteiger charge is -2.29. The molecule has 0 aromatic heterocycles. The molecule has 0 aromatic rings. The fourth-order valence-electron chi connectivity index (χ4n) is 1.63. The van der Waals surface area contributed by atoms with Gasteiger partial charge >= 0.3 is 0 Å².